The maximum atomic E-state index is 11.6. The van der Waals surface area contributed by atoms with Crippen molar-refractivity contribution in [2.45, 2.75) is 26.3 Å². The number of para-hydroxylation sites is 2. The highest BCUT2D eigenvalue weighted by Crippen LogP contribution is 2.14. The van der Waals surface area contributed by atoms with Crippen LogP contribution in [0, 0.1) is 0 Å². The Kier molecular flexibility index (Phi) is 3.98. The number of nitrogens with one attached hydrogen (secondary N) is 1. The summed E-state index contributed by atoms with van der Waals surface area (Å²) < 4.78 is 31.1. The van der Waals surface area contributed by atoms with E-state index in [1.165, 1.54) is 0 Å². The molecular formula is C12H16N2O3S. The van der Waals surface area contributed by atoms with Gasteiger partial charge in [0.2, 0.25) is 15.9 Å². The lowest BCUT2D eigenvalue weighted by molar-refractivity contribution is 0.513. The van der Waals surface area contributed by atoms with Crippen LogP contribution in [0.5, 0.6) is 0 Å². The second-order valence-corrected chi connectivity index (χ2v) is 6.00. The van der Waals surface area contributed by atoms with Gasteiger partial charge in [0.05, 0.1) is 12.3 Å². The fraction of sp³-hybridized carbons (Fsp3) is 0.417. The number of sulfonamides is 1. The number of fused-ring (bicyclic) bond motifs is 1. The zero-order valence-corrected chi connectivity index (χ0v) is 11.0. The minimum absolute atomic E-state index is 0.0979. The van der Waals surface area contributed by atoms with Crippen LogP contribution in [0.3, 0.4) is 0 Å². The molecule has 0 unspecified atom stereocenters. The maximum Gasteiger partial charge on any atom is 0.212 e. The van der Waals surface area contributed by atoms with E-state index in [9.17, 15) is 8.42 Å². The van der Waals surface area contributed by atoms with Gasteiger partial charge >= 0.3 is 0 Å². The molecule has 0 atom stereocenters. The van der Waals surface area contributed by atoms with Crippen molar-refractivity contribution in [1.29, 1.82) is 0 Å². The summed E-state index contributed by atoms with van der Waals surface area (Å²) in [5, 5.41) is 0. The molecule has 2 aromatic rings. The molecule has 0 saturated carbocycles. The number of nitrogens with zero attached hydrogens (tertiary/aromatic N) is 1. The molecule has 0 aliphatic rings. The van der Waals surface area contributed by atoms with Crippen molar-refractivity contribution in [3.05, 3.63) is 30.2 Å². The van der Waals surface area contributed by atoms with Gasteiger partial charge in [0.15, 0.2) is 5.58 Å². The van der Waals surface area contributed by atoms with E-state index in [1.54, 1.807) is 6.07 Å². The smallest absolute Gasteiger partial charge is 0.212 e. The molecule has 1 N–H and O–H groups in total. The Hall–Kier alpha value is -1.40. The lowest BCUT2D eigenvalue weighted by atomic mass is 10.3. The van der Waals surface area contributed by atoms with Gasteiger partial charge in [0.25, 0.3) is 0 Å². The Labute approximate surface area is 106 Å². The van der Waals surface area contributed by atoms with Gasteiger partial charge < -0.3 is 4.42 Å². The zero-order chi connectivity index (χ0) is 13.0. The van der Waals surface area contributed by atoms with Crippen molar-refractivity contribution < 1.29 is 12.8 Å². The van der Waals surface area contributed by atoms with Gasteiger partial charge in [0.1, 0.15) is 5.52 Å². The van der Waals surface area contributed by atoms with Crippen molar-refractivity contribution in [3.8, 4) is 0 Å². The van der Waals surface area contributed by atoms with Gasteiger partial charge in [-0.05, 0) is 18.6 Å². The van der Waals surface area contributed by atoms with Crippen LogP contribution in [0.4, 0.5) is 0 Å². The average molecular weight is 268 g/mol. The molecule has 0 bridgehead atoms. The molecule has 0 radical (unpaired) electrons. The fourth-order valence-electron chi connectivity index (χ4n) is 1.57. The van der Waals surface area contributed by atoms with Gasteiger partial charge in [-0.2, -0.15) is 0 Å². The first-order chi connectivity index (χ1) is 8.61. The minimum Gasteiger partial charge on any atom is -0.439 e. The number of oxazole rings is 1. The van der Waals surface area contributed by atoms with Crippen molar-refractivity contribution in [2.24, 2.45) is 0 Å². The molecule has 0 spiro atoms. The molecule has 0 aliphatic heterocycles. The number of unbranched alkanes of at least 4 members (excludes halogenated alkanes) is 1. The third-order valence-corrected chi connectivity index (χ3v) is 3.96. The summed E-state index contributed by atoms with van der Waals surface area (Å²) in [6, 6.07) is 7.34. The van der Waals surface area contributed by atoms with Crippen LogP contribution in [0.25, 0.3) is 11.1 Å². The summed E-state index contributed by atoms with van der Waals surface area (Å²) >= 11 is 0. The van der Waals surface area contributed by atoms with Crippen molar-refractivity contribution >= 4 is 21.1 Å². The largest absolute Gasteiger partial charge is 0.439 e. The van der Waals surface area contributed by atoms with Crippen molar-refractivity contribution in [1.82, 2.24) is 9.71 Å². The molecular weight excluding hydrogens is 252 g/mol. The molecule has 98 valence electrons. The molecule has 1 heterocycles. The van der Waals surface area contributed by atoms with Crippen LogP contribution in [0.2, 0.25) is 0 Å². The van der Waals surface area contributed by atoms with Crippen LogP contribution in [0.15, 0.2) is 28.7 Å². The third-order valence-electron chi connectivity index (χ3n) is 2.55. The van der Waals surface area contributed by atoms with E-state index in [-0.39, 0.29) is 12.3 Å². The van der Waals surface area contributed by atoms with E-state index in [0.29, 0.717) is 17.9 Å². The monoisotopic (exact) mass is 268 g/mol. The van der Waals surface area contributed by atoms with Crippen LogP contribution in [-0.4, -0.2) is 19.2 Å². The van der Waals surface area contributed by atoms with Gasteiger partial charge in [-0.15, -0.1) is 0 Å². The molecule has 18 heavy (non-hydrogen) atoms. The van der Waals surface area contributed by atoms with Gasteiger partial charge in [0, 0.05) is 0 Å². The van der Waals surface area contributed by atoms with Crippen LogP contribution in [-0.2, 0) is 16.6 Å². The number of rotatable bonds is 6. The fourth-order valence-corrected chi connectivity index (χ4v) is 2.73. The summed E-state index contributed by atoms with van der Waals surface area (Å²) in [5.41, 5.74) is 1.40. The molecule has 0 aliphatic carbocycles. The lowest BCUT2D eigenvalue weighted by Crippen LogP contribution is -2.25. The average Bonchev–Trinajstić information content (AvgIpc) is 2.77. The number of benzene rings is 1. The summed E-state index contributed by atoms with van der Waals surface area (Å²) in [6.07, 6.45) is 1.51. The minimum atomic E-state index is -3.23. The quantitative estimate of drug-likeness (QED) is 0.870. The number of aromatic nitrogens is 1. The SMILES string of the molecule is CCCCS(=O)(=O)NCc1nc2ccccc2o1. The molecule has 6 heteroatoms. The molecule has 1 aromatic carbocycles. The highest BCUT2D eigenvalue weighted by Gasteiger charge is 2.11. The first-order valence-electron chi connectivity index (χ1n) is 5.92. The highest BCUT2D eigenvalue weighted by molar-refractivity contribution is 7.89. The van der Waals surface area contributed by atoms with Crippen molar-refractivity contribution in [3.63, 3.8) is 0 Å². The molecule has 0 saturated heterocycles. The number of hydrogen-bond acceptors (Lipinski definition) is 4. The van der Waals surface area contributed by atoms with Gasteiger partial charge in [-0.3, -0.25) is 0 Å². The highest BCUT2D eigenvalue weighted by atomic mass is 32.2. The Bertz CT molecular complexity index is 586. The molecule has 0 fully saturated rings. The summed E-state index contributed by atoms with van der Waals surface area (Å²) in [6.45, 7) is 2.05. The Morgan fingerprint density at radius 2 is 2.11 bits per heavy atom. The van der Waals surface area contributed by atoms with Crippen LogP contribution >= 0.6 is 0 Å². The Balaban J connectivity index is 2.01. The van der Waals surface area contributed by atoms with E-state index >= 15 is 0 Å². The maximum absolute atomic E-state index is 11.6. The standard InChI is InChI=1S/C12H16N2O3S/c1-2-3-8-18(15,16)13-9-12-14-10-6-4-5-7-11(10)17-12/h4-7,13H,2-3,8-9H2,1H3. The third kappa shape index (κ3) is 3.30. The van der Waals surface area contributed by atoms with Crippen molar-refractivity contribution in [2.75, 3.05) is 5.75 Å². The first-order valence-corrected chi connectivity index (χ1v) is 7.58. The van der Waals surface area contributed by atoms with E-state index in [0.717, 1.165) is 11.9 Å². The second-order valence-electron chi connectivity index (χ2n) is 4.07. The molecule has 1 aromatic heterocycles. The molecule has 0 amide bonds. The number of hydrogen-bond donors (Lipinski definition) is 1. The normalized spacial score (nSPS) is 12.1. The summed E-state index contributed by atoms with van der Waals surface area (Å²) in [7, 11) is -3.23. The van der Waals surface area contributed by atoms with E-state index in [2.05, 4.69) is 9.71 Å². The van der Waals surface area contributed by atoms with Gasteiger partial charge in [-0.25, -0.2) is 18.1 Å². The predicted molar refractivity (Wildman–Crippen MR) is 69.5 cm³/mol. The van der Waals surface area contributed by atoms with E-state index in [4.69, 9.17) is 4.42 Å². The van der Waals surface area contributed by atoms with Gasteiger partial charge in [-0.1, -0.05) is 25.5 Å². The molecule has 2 rings (SSSR count). The Morgan fingerprint density at radius 3 is 2.83 bits per heavy atom. The van der Waals surface area contributed by atoms with E-state index in [1.807, 2.05) is 25.1 Å². The summed E-state index contributed by atoms with van der Waals surface area (Å²) in [5.74, 6) is 0.528. The lowest BCUT2D eigenvalue weighted by Gasteiger charge is -2.02. The van der Waals surface area contributed by atoms with Crippen LogP contribution in [0.1, 0.15) is 25.7 Å². The second kappa shape index (κ2) is 5.49. The topological polar surface area (TPSA) is 72.2 Å². The Morgan fingerprint density at radius 1 is 1.33 bits per heavy atom. The zero-order valence-electron chi connectivity index (χ0n) is 10.2. The molecule has 5 nitrogen and oxygen atoms in total. The summed E-state index contributed by atoms with van der Waals surface area (Å²) in [4.78, 5) is 4.20. The first kappa shape index (κ1) is 13.0. The van der Waals surface area contributed by atoms with E-state index < -0.39 is 10.0 Å². The van der Waals surface area contributed by atoms with Crippen LogP contribution < -0.4 is 4.72 Å². The predicted octanol–water partition coefficient (Wildman–Crippen LogP) is 2.05.